The van der Waals surface area contributed by atoms with Crippen molar-refractivity contribution < 1.29 is 5.11 Å². The van der Waals surface area contributed by atoms with Gasteiger partial charge in [-0.25, -0.2) is 0 Å². The highest BCUT2D eigenvalue weighted by Crippen LogP contribution is 2.62. The van der Waals surface area contributed by atoms with Gasteiger partial charge in [-0.15, -0.1) is 0 Å². The number of nitrogens with zero attached hydrogens (tertiary/aromatic N) is 3. The lowest BCUT2D eigenvalue weighted by Crippen LogP contribution is -2.48. The van der Waals surface area contributed by atoms with Gasteiger partial charge in [0.05, 0.1) is 5.41 Å². The van der Waals surface area contributed by atoms with E-state index in [9.17, 15) is 5.11 Å². The van der Waals surface area contributed by atoms with E-state index in [4.69, 9.17) is 0 Å². The molecule has 0 amide bonds. The van der Waals surface area contributed by atoms with Gasteiger partial charge in [-0.1, -0.05) is 72.8 Å². The largest absolute Gasteiger partial charge is 0.379 e. The molecule has 0 bridgehead atoms. The Morgan fingerprint density at radius 2 is 0.825 bits per heavy atom. The molecule has 0 aromatic heterocycles. The predicted octanol–water partition coefficient (Wildman–Crippen LogP) is 6.62. The lowest BCUT2D eigenvalue weighted by molar-refractivity contribution is 0.0364. The summed E-state index contributed by atoms with van der Waals surface area (Å²) in [4.78, 5) is 6.31. The molecule has 0 saturated carbocycles. The van der Waals surface area contributed by atoms with Gasteiger partial charge < -0.3 is 19.8 Å². The van der Waals surface area contributed by atoms with Crippen molar-refractivity contribution in [2.24, 2.45) is 0 Å². The maximum atomic E-state index is 13.6. The Labute approximate surface area is 237 Å². The number of hydrogen-bond donors (Lipinski definition) is 1. The van der Waals surface area contributed by atoms with E-state index < -0.39 is 11.0 Å². The Morgan fingerprint density at radius 1 is 0.450 bits per heavy atom. The Hall–Kier alpha value is -4.28. The van der Waals surface area contributed by atoms with Crippen molar-refractivity contribution in [2.45, 2.75) is 11.0 Å². The molecule has 1 aliphatic carbocycles. The minimum absolute atomic E-state index is 0.871. The summed E-state index contributed by atoms with van der Waals surface area (Å²) in [6.07, 6.45) is 0. The molecule has 5 aromatic rings. The molecular weight excluding hydrogens is 490 g/mol. The number of anilines is 3. The van der Waals surface area contributed by atoms with Crippen LogP contribution in [-0.4, -0.2) is 47.4 Å². The highest BCUT2D eigenvalue weighted by Gasteiger charge is 2.61. The molecule has 40 heavy (non-hydrogen) atoms. The van der Waals surface area contributed by atoms with Crippen LogP contribution >= 0.6 is 0 Å². The van der Waals surface area contributed by atoms with Gasteiger partial charge in [0, 0.05) is 59.3 Å². The monoisotopic (exact) mass is 527 g/mol. The quantitative estimate of drug-likeness (QED) is 0.269. The van der Waals surface area contributed by atoms with Crippen LogP contribution in [-0.2, 0) is 11.0 Å². The van der Waals surface area contributed by atoms with Crippen LogP contribution in [0.25, 0.3) is 10.8 Å². The normalized spacial score (nSPS) is 17.2. The lowest BCUT2D eigenvalue weighted by Gasteiger charge is -2.45. The first-order valence-corrected chi connectivity index (χ1v) is 13.8. The minimum atomic E-state index is -1.36. The first kappa shape index (κ1) is 26.0. The summed E-state index contributed by atoms with van der Waals surface area (Å²) in [6, 6.07) is 38.6. The molecule has 5 aromatic carbocycles. The summed E-state index contributed by atoms with van der Waals surface area (Å²) < 4.78 is 0. The van der Waals surface area contributed by atoms with Gasteiger partial charge in [0.15, 0.2) is 0 Å². The summed E-state index contributed by atoms with van der Waals surface area (Å²) in [7, 11) is 12.3. The van der Waals surface area contributed by atoms with Crippen LogP contribution in [0.2, 0.25) is 0 Å². The van der Waals surface area contributed by atoms with Crippen LogP contribution < -0.4 is 14.7 Å². The summed E-state index contributed by atoms with van der Waals surface area (Å²) in [6.45, 7) is 0. The molecule has 1 unspecified atom stereocenters. The van der Waals surface area contributed by atoms with E-state index >= 15 is 0 Å². The van der Waals surface area contributed by atoms with Crippen molar-refractivity contribution in [3.63, 3.8) is 0 Å². The molecule has 1 atom stereocenters. The zero-order chi connectivity index (χ0) is 28.2. The summed E-state index contributed by atoms with van der Waals surface area (Å²) in [5.74, 6) is 0. The molecule has 1 aliphatic rings. The zero-order valence-electron chi connectivity index (χ0n) is 24.2. The van der Waals surface area contributed by atoms with E-state index in [1.54, 1.807) is 0 Å². The zero-order valence-corrected chi connectivity index (χ0v) is 24.2. The second kappa shape index (κ2) is 9.42. The minimum Gasteiger partial charge on any atom is -0.379 e. The van der Waals surface area contributed by atoms with Crippen LogP contribution in [0.5, 0.6) is 0 Å². The van der Waals surface area contributed by atoms with E-state index in [1.165, 1.54) is 0 Å². The smallest absolute Gasteiger partial charge is 0.133 e. The predicted molar refractivity (Wildman–Crippen MR) is 169 cm³/mol. The number of aliphatic hydroxyl groups is 1. The average molecular weight is 528 g/mol. The summed E-state index contributed by atoms with van der Waals surface area (Å²) in [5.41, 5.74) is 6.13. The van der Waals surface area contributed by atoms with Gasteiger partial charge >= 0.3 is 0 Å². The van der Waals surface area contributed by atoms with Crippen LogP contribution in [0.1, 0.15) is 27.8 Å². The third kappa shape index (κ3) is 3.56. The Morgan fingerprint density at radius 3 is 1.23 bits per heavy atom. The highest BCUT2D eigenvalue weighted by atomic mass is 16.3. The fourth-order valence-corrected chi connectivity index (χ4v) is 6.64. The van der Waals surface area contributed by atoms with Crippen molar-refractivity contribution in [2.75, 3.05) is 57.0 Å². The van der Waals surface area contributed by atoms with Gasteiger partial charge in [-0.3, -0.25) is 0 Å². The van der Waals surface area contributed by atoms with Gasteiger partial charge in [-0.05, 0) is 75.0 Å². The lowest BCUT2D eigenvalue weighted by atomic mass is 9.59. The van der Waals surface area contributed by atoms with Gasteiger partial charge in [0.25, 0.3) is 0 Å². The second-order valence-corrected chi connectivity index (χ2v) is 11.5. The molecule has 0 aliphatic heterocycles. The maximum absolute atomic E-state index is 13.6. The number of rotatable bonds is 6. The molecule has 0 heterocycles. The molecule has 0 saturated heterocycles. The standard InChI is InChI=1S/C36H37N3O/c1-37(2)29-19-13-26(14-20-29)35(27-15-21-30(22-16-27)38(3)4)32-11-7-9-25-10-8-12-33(34(25)32)36(35,40)28-17-23-31(24-18-28)39(5)6/h7-24,40H,1-6H3. The van der Waals surface area contributed by atoms with Crippen LogP contribution in [0.3, 0.4) is 0 Å². The maximum Gasteiger partial charge on any atom is 0.133 e. The van der Waals surface area contributed by atoms with E-state index in [0.717, 1.165) is 55.7 Å². The molecule has 0 fully saturated rings. The summed E-state index contributed by atoms with van der Waals surface area (Å²) in [5, 5.41) is 15.8. The van der Waals surface area contributed by atoms with Crippen molar-refractivity contribution in [3.8, 4) is 0 Å². The van der Waals surface area contributed by atoms with Gasteiger partial charge in [-0.2, -0.15) is 0 Å². The van der Waals surface area contributed by atoms with Crippen molar-refractivity contribution >= 4 is 27.8 Å². The van der Waals surface area contributed by atoms with E-state index in [0.29, 0.717) is 0 Å². The van der Waals surface area contributed by atoms with Crippen molar-refractivity contribution in [1.82, 2.24) is 0 Å². The van der Waals surface area contributed by atoms with E-state index in [2.05, 4.69) is 152 Å². The Bertz CT molecular complexity index is 1610. The SMILES string of the molecule is CN(C)c1ccc(C2(O)c3cccc4cccc(c34)C2(c2ccc(N(C)C)cc2)c2ccc(N(C)C)cc2)cc1. The van der Waals surface area contributed by atoms with Crippen molar-refractivity contribution in [1.29, 1.82) is 0 Å². The molecule has 4 nitrogen and oxygen atoms in total. The third-order valence-electron chi connectivity index (χ3n) is 8.68. The number of hydrogen-bond acceptors (Lipinski definition) is 4. The second-order valence-electron chi connectivity index (χ2n) is 11.5. The molecular formula is C36H37N3O. The molecule has 1 N–H and O–H groups in total. The first-order chi connectivity index (χ1) is 19.2. The fourth-order valence-electron chi connectivity index (χ4n) is 6.64. The third-order valence-corrected chi connectivity index (χ3v) is 8.68. The van der Waals surface area contributed by atoms with Crippen LogP contribution in [0.15, 0.2) is 109 Å². The van der Waals surface area contributed by atoms with Gasteiger partial charge in [0.2, 0.25) is 0 Å². The topological polar surface area (TPSA) is 30.0 Å². The molecule has 202 valence electrons. The van der Waals surface area contributed by atoms with E-state index in [1.807, 2.05) is 14.1 Å². The van der Waals surface area contributed by atoms with Gasteiger partial charge in [0.1, 0.15) is 5.60 Å². The van der Waals surface area contributed by atoms with E-state index in [-0.39, 0.29) is 0 Å². The highest BCUT2D eigenvalue weighted by molar-refractivity contribution is 5.97. The molecule has 0 spiro atoms. The number of benzene rings is 5. The van der Waals surface area contributed by atoms with Crippen LogP contribution in [0.4, 0.5) is 17.1 Å². The fraction of sp³-hybridized carbons (Fsp3) is 0.222. The molecule has 4 heteroatoms. The molecule has 0 radical (unpaired) electrons. The average Bonchev–Trinajstić information content (AvgIpc) is 3.20. The van der Waals surface area contributed by atoms with Crippen LogP contribution in [0, 0.1) is 0 Å². The first-order valence-electron chi connectivity index (χ1n) is 13.8. The molecule has 6 rings (SSSR count). The summed E-state index contributed by atoms with van der Waals surface area (Å²) >= 11 is 0. The van der Waals surface area contributed by atoms with Crippen molar-refractivity contribution in [3.05, 3.63) is 137 Å². The Balaban J connectivity index is 1.75. The Kier molecular flexibility index (Phi) is 6.12.